The van der Waals surface area contributed by atoms with Crippen molar-refractivity contribution in [3.05, 3.63) is 30.2 Å². The predicted molar refractivity (Wildman–Crippen MR) is 85.1 cm³/mol. The molecule has 0 radical (unpaired) electrons. The number of nitrogens with zero attached hydrogens (tertiary/aromatic N) is 3. The molecule has 0 amide bonds. The fraction of sp³-hybridized carbons (Fsp3) is 0.647. The third-order valence-corrected chi connectivity index (χ3v) is 4.60. The van der Waals surface area contributed by atoms with E-state index in [-0.39, 0.29) is 6.04 Å². The van der Waals surface area contributed by atoms with Gasteiger partial charge in [-0.2, -0.15) is 0 Å². The Balaban J connectivity index is 1.75. The summed E-state index contributed by atoms with van der Waals surface area (Å²) in [6.07, 6.45) is 5.85. The van der Waals surface area contributed by atoms with Crippen molar-refractivity contribution in [1.29, 1.82) is 0 Å². The topological polar surface area (TPSA) is 42.2 Å². The molecule has 1 aliphatic rings. The fourth-order valence-electron chi connectivity index (χ4n) is 4.06. The molecule has 3 unspecified atom stereocenters. The van der Waals surface area contributed by atoms with Gasteiger partial charge in [0.1, 0.15) is 0 Å². The molecule has 1 aliphatic carbocycles. The van der Waals surface area contributed by atoms with Gasteiger partial charge >= 0.3 is 0 Å². The average molecular weight is 286 g/mol. The van der Waals surface area contributed by atoms with Gasteiger partial charge in [-0.1, -0.05) is 26.8 Å². The number of hydrogen-bond acceptors (Lipinski definition) is 3. The van der Waals surface area contributed by atoms with Crippen molar-refractivity contribution >= 4 is 5.65 Å². The van der Waals surface area contributed by atoms with E-state index in [2.05, 4.69) is 47.6 Å². The van der Waals surface area contributed by atoms with Crippen LogP contribution in [-0.2, 0) is 0 Å². The Hall–Kier alpha value is -1.42. The second kappa shape index (κ2) is 5.41. The third-order valence-electron chi connectivity index (χ3n) is 4.60. The van der Waals surface area contributed by atoms with Crippen LogP contribution in [0, 0.1) is 11.3 Å². The van der Waals surface area contributed by atoms with Crippen molar-refractivity contribution in [1.82, 2.24) is 19.9 Å². The second-order valence-corrected chi connectivity index (χ2v) is 7.49. The van der Waals surface area contributed by atoms with Gasteiger partial charge in [0.2, 0.25) is 0 Å². The van der Waals surface area contributed by atoms with Crippen molar-refractivity contribution in [2.24, 2.45) is 11.3 Å². The summed E-state index contributed by atoms with van der Waals surface area (Å²) in [4.78, 5) is 0. The Labute approximate surface area is 127 Å². The lowest BCUT2D eigenvalue weighted by Gasteiger charge is -2.40. The molecule has 0 aromatic carbocycles. The molecule has 4 nitrogen and oxygen atoms in total. The molecule has 3 rings (SSSR count). The lowest BCUT2D eigenvalue weighted by molar-refractivity contribution is 0.145. The quantitative estimate of drug-likeness (QED) is 0.937. The first kappa shape index (κ1) is 14.5. The molecule has 1 saturated carbocycles. The molecule has 0 aliphatic heterocycles. The summed E-state index contributed by atoms with van der Waals surface area (Å²) in [5.74, 6) is 1.79. The van der Waals surface area contributed by atoms with Crippen LogP contribution in [0.3, 0.4) is 0 Å². The van der Waals surface area contributed by atoms with E-state index in [0.29, 0.717) is 11.5 Å². The zero-order valence-corrected chi connectivity index (χ0v) is 13.5. The molecule has 1 N–H and O–H groups in total. The third kappa shape index (κ3) is 3.10. The number of aromatic nitrogens is 3. The monoisotopic (exact) mass is 286 g/mol. The maximum Gasteiger partial charge on any atom is 0.160 e. The molecule has 4 heteroatoms. The van der Waals surface area contributed by atoms with Crippen molar-refractivity contribution in [3.63, 3.8) is 0 Å². The molecular formula is C17H26N4. The summed E-state index contributed by atoms with van der Waals surface area (Å²) in [5.41, 5.74) is 1.35. The SMILES string of the molecule is CC1CC(NC(C)c2nnc3ccccn23)CC(C)(C)C1. The summed E-state index contributed by atoms with van der Waals surface area (Å²) in [5, 5.41) is 12.4. The van der Waals surface area contributed by atoms with E-state index in [0.717, 1.165) is 17.4 Å². The Morgan fingerprint density at radius 2 is 2.10 bits per heavy atom. The van der Waals surface area contributed by atoms with Crippen molar-refractivity contribution < 1.29 is 0 Å². The van der Waals surface area contributed by atoms with Crippen LogP contribution in [0.25, 0.3) is 5.65 Å². The maximum atomic E-state index is 4.37. The van der Waals surface area contributed by atoms with E-state index >= 15 is 0 Å². The summed E-state index contributed by atoms with van der Waals surface area (Å²) in [7, 11) is 0. The molecule has 2 aromatic rings. The average Bonchev–Trinajstić information content (AvgIpc) is 2.79. The number of rotatable bonds is 3. The Morgan fingerprint density at radius 3 is 2.86 bits per heavy atom. The van der Waals surface area contributed by atoms with Gasteiger partial charge in [-0.3, -0.25) is 4.40 Å². The molecule has 0 spiro atoms. The van der Waals surface area contributed by atoms with Crippen LogP contribution in [0.5, 0.6) is 0 Å². The van der Waals surface area contributed by atoms with Crippen LogP contribution < -0.4 is 5.32 Å². The van der Waals surface area contributed by atoms with Gasteiger partial charge in [-0.15, -0.1) is 10.2 Å². The molecule has 114 valence electrons. The largest absolute Gasteiger partial charge is 0.305 e. The van der Waals surface area contributed by atoms with E-state index in [1.807, 2.05) is 24.4 Å². The molecule has 2 aromatic heterocycles. The summed E-state index contributed by atoms with van der Waals surface area (Å²) < 4.78 is 2.08. The number of hydrogen-bond donors (Lipinski definition) is 1. The van der Waals surface area contributed by atoms with Crippen LogP contribution in [-0.4, -0.2) is 20.6 Å². The van der Waals surface area contributed by atoms with Crippen LogP contribution in [0.15, 0.2) is 24.4 Å². The van der Waals surface area contributed by atoms with Crippen LogP contribution in [0.4, 0.5) is 0 Å². The molecular weight excluding hydrogens is 260 g/mol. The molecule has 1 fully saturated rings. The first-order valence-corrected chi connectivity index (χ1v) is 8.00. The normalized spacial score (nSPS) is 26.9. The van der Waals surface area contributed by atoms with E-state index in [1.54, 1.807) is 0 Å². The smallest absolute Gasteiger partial charge is 0.160 e. The van der Waals surface area contributed by atoms with Crippen LogP contribution >= 0.6 is 0 Å². The molecule has 21 heavy (non-hydrogen) atoms. The zero-order chi connectivity index (χ0) is 15.0. The summed E-state index contributed by atoms with van der Waals surface area (Å²) in [6.45, 7) is 9.32. The highest BCUT2D eigenvalue weighted by atomic mass is 15.3. The second-order valence-electron chi connectivity index (χ2n) is 7.49. The molecule has 3 atom stereocenters. The lowest BCUT2D eigenvalue weighted by atomic mass is 9.70. The predicted octanol–water partition coefficient (Wildman–Crippen LogP) is 3.59. The number of fused-ring (bicyclic) bond motifs is 1. The summed E-state index contributed by atoms with van der Waals surface area (Å²) in [6, 6.07) is 6.80. The minimum Gasteiger partial charge on any atom is -0.305 e. The van der Waals surface area contributed by atoms with E-state index < -0.39 is 0 Å². The van der Waals surface area contributed by atoms with Gasteiger partial charge in [-0.25, -0.2) is 0 Å². The first-order chi connectivity index (χ1) is 9.94. The minimum absolute atomic E-state index is 0.216. The van der Waals surface area contributed by atoms with E-state index in [9.17, 15) is 0 Å². The van der Waals surface area contributed by atoms with Gasteiger partial charge in [0.25, 0.3) is 0 Å². The Kier molecular flexibility index (Phi) is 3.74. The maximum absolute atomic E-state index is 4.37. The van der Waals surface area contributed by atoms with Gasteiger partial charge < -0.3 is 5.32 Å². The van der Waals surface area contributed by atoms with Gasteiger partial charge in [0.05, 0.1) is 6.04 Å². The number of pyridine rings is 1. The Morgan fingerprint density at radius 1 is 1.29 bits per heavy atom. The highest BCUT2D eigenvalue weighted by molar-refractivity contribution is 5.37. The van der Waals surface area contributed by atoms with E-state index in [4.69, 9.17) is 0 Å². The van der Waals surface area contributed by atoms with Crippen molar-refractivity contribution in [2.45, 2.75) is 59.0 Å². The lowest BCUT2D eigenvalue weighted by Crippen LogP contribution is -2.41. The van der Waals surface area contributed by atoms with Crippen molar-refractivity contribution in [3.8, 4) is 0 Å². The number of nitrogens with one attached hydrogen (secondary N) is 1. The standard InChI is InChI=1S/C17H26N4/c1-12-9-14(11-17(3,4)10-12)18-13(2)16-20-19-15-7-5-6-8-21(15)16/h5-8,12-14,18H,9-11H2,1-4H3. The van der Waals surface area contributed by atoms with Crippen molar-refractivity contribution in [2.75, 3.05) is 0 Å². The highest BCUT2D eigenvalue weighted by Gasteiger charge is 2.32. The molecule has 0 saturated heterocycles. The first-order valence-electron chi connectivity index (χ1n) is 8.00. The van der Waals surface area contributed by atoms with Crippen LogP contribution in [0.2, 0.25) is 0 Å². The Bertz CT molecular complexity index is 616. The molecule has 2 heterocycles. The fourth-order valence-corrected chi connectivity index (χ4v) is 4.06. The minimum atomic E-state index is 0.216. The molecule has 0 bridgehead atoms. The van der Waals surface area contributed by atoms with Gasteiger partial charge in [0, 0.05) is 12.2 Å². The van der Waals surface area contributed by atoms with Crippen LogP contribution in [0.1, 0.15) is 58.8 Å². The zero-order valence-electron chi connectivity index (χ0n) is 13.5. The van der Waals surface area contributed by atoms with Gasteiger partial charge in [-0.05, 0) is 49.7 Å². The summed E-state index contributed by atoms with van der Waals surface area (Å²) >= 11 is 0. The van der Waals surface area contributed by atoms with Gasteiger partial charge in [0.15, 0.2) is 11.5 Å². The highest BCUT2D eigenvalue weighted by Crippen LogP contribution is 2.39. The van der Waals surface area contributed by atoms with E-state index in [1.165, 1.54) is 19.3 Å².